The van der Waals surface area contributed by atoms with Gasteiger partial charge in [-0.25, -0.2) is 9.38 Å². The summed E-state index contributed by atoms with van der Waals surface area (Å²) in [7, 11) is 1.89. The maximum absolute atomic E-state index is 14.2. The van der Waals surface area contributed by atoms with E-state index in [-0.39, 0.29) is 6.54 Å². The van der Waals surface area contributed by atoms with Crippen LogP contribution >= 0.6 is 31.9 Å². The summed E-state index contributed by atoms with van der Waals surface area (Å²) in [4.78, 5) is 6.20. The number of hydrogen-bond donors (Lipinski definition) is 0. The second-order valence-electron chi connectivity index (χ2n) is 4.93. The molecule has 21 heavy (non-hydrogen) atoms. The summed E-state index contributed by atoms with van der Waals surface area (Å²) in [6, 6.07) is 13.7. The second-order valence-corrected chi connectivity index (χ2v) is 6.70. The lowest BCUT2D eigenvalue weighted by Crippen LogP contribution is -2.24. The van der Waals surface area contributed by atoms with E-state index in [2.05, 4.69) is 36.9 Å². The highest BCUT2D eigenvalue weighted by atomic mass is 79.9. The number of alkyl halides is 1. The maximum atomic E-state index is 14.2. The summed E-state index contributed by atoms with van der Waals surface area (Å²) in [5.41, 5.74) is 3.48. The number of halogens is 3. The quantitative estimate of drug-likeness (QED) is 0.615. The first-order chi connectivity index (χ1) is 10.1. The summed E-state index contributed by atoms with van der Waals surface area (Å²) in [5.74, 6) is 0. The lowest BCUT2D eigenvalue weighted by molar-refractivity contribution is 0.353. The molecule has 0 N–H and O–H groups in total. The molecule has 2 aromatic carbocycles. The van der Waals surface area contributed by atoms with Crippen LogP contribution < -0.4 is 4.90 Å². The fourth-order valence-electron chi connectivity index (χ4n) is 2.47. The Hall–Kier alpha value is -1.20. The summed E-state index contributed by atoms with van der Waals surface area (Å²) in [6.07, 6.45) is -1.25. The molecule has 1 heterocycles. The van der Waals surface area contributed by atoms with Gasteiger partial charge in [0.1, 0.15) is 0 Å². The average Bonchev–Trinajstić information content (AvgIpc) is 2.56. The maximum Gasteiger partial charge on any atom is 0.207 e. The van der Waals surface area contributed by atoms with E-state index in [0.29, 0.717) is 5.71 Å². The number of benzene rings is 2. The molecule has 1 atom stereocenters. The standard InChI is InChI=1S/C16H13Br2FN2/c1-21-9-15(19)20-16(11-4-2-3-5-13(11)18)12-8-10(17)6-7-14(12)21/h2-8,15H,9H2,1H3. The normalized spacial score (nSPS) is 18.0. The van der Waals surface area contributed by atoms with E-state index in [1.807, 2.05) is 54.4 Å². The van der Waals surface area contributed by atoms with Gasteiger partial charge < -0.3 is 4.90 Å². The van der Waals surface area contributed by atoms with Crippen molar-refractivity contribution in [2.75, 3.05) is 18.5 Å². The van der Waals surface area contributed by atoms with Crippen LogP contribution in [0.3, 0.4) is 0 Å². The molecule has 2 aromatic rings. The van der Waals surface area contributed by atoms with Gasteiger partial charge in [-0.2, -0.15) is 0 Å². The minimum absolute atomic E-state index is 0.253. The highest BCUT2D eigenvalue weighted by Crippen LogP contribution is 2.31. The Labute approximate surface area is 139 Å². The Kier molecular flexibility index (Phi) is 4.13. The van der Waals surface area contributed by atoms with Gasteiger partial charge in [-0.05, 0) is 24.3 Å². The fraction of sp³-hybridized carbons (Fsp3) is 0.188. The number of benzodiazepines with no additional fused rings is 1. The molecule has 0 bridgehead atoms. The number of fused-ring (bicyclic) bond motifs is 1. The molecule has 5 heteroatoms. The zero-order valence-electron chi connectivity index (χ0n) is 11.4. The molecule has 0 fully saturated rings. The van der Waals surface area contributed by atoms with Crippen LogP contribution in [0.25, 0.3) is 0 Å². The first kappa shape index (κ1) is 14.7. The van der Waals surface area contributed by atoms with Crippen molar-refractivity contribution in [1.29, 1.82) is 0 Å². The van der Waals surface area contributed by atoms with Crippen LogP contribution in [0.15, 0.2) is 56.4 Å². The molecule has 0 saturated heterocycles. The van der Waals surface area contributed by atoms with Gasteiger partial charge in [0, 0.05) is 32.8 Å². The molecular weight excluding hydrogens is 399 g/mol. The molecular formula is C16H13Br2FN2. The van der Waals surface area contributed by atoms with Gasteiger partial charge in [-0.3, -0.25) is 0 Å². The SMILES string of the molecule is CN1CC(F)N=C(c2ccccc2Br)c2cc(Br)ccc21. The fourth-order valence-corrected chi connectivity index (χ4v) is 3.31. The Morgan fingerprint density at radius 1 is 1.14 bits per heavy atom. The van der Waals surface area contributed by atoms with Crippen LogP contribution in [0.4, 0.5) is 10.1 Å². The van der Waals surface area contributed by atoms with E-state index in [1.165, 1.54) is 0 Å². The zero-order chi connectivity index (χ0) is 15.0. The molecule has 0 saturated carbocycles. The summed E-state index contributed by atoms with van der Waals surface area (Å²) in [5, 5.41) is 0. The third-order valence-corrected chi connectivity index (χ3v) is 4.63. The van der Waals surface area contributed by atoms with Gasteiger partial charge in [0.25, 0.3) is 0 Å². The Morgan fingerprint density at radius 2 is 1.90 bits per heavy atom. The van der Waals surface area contributed by atoms with E-state index in [1.54, 1.807) is 0 Å². The Bertz CT molecular complexity index is 715. The van der Waals surface area contributed by atoms with Crippen molar-refractivity contribution < 1.29 is 4.39 Å². The smallest absolute Gasteiger partial charge is 0.207 e. The van der Waals surface area contributed by atoms with Crippen LogP contribution in [-0.4, -0.2) is 25.6 Å². The highest BCUT2D eigenvalue weighted by molar-refractivity contribution is 9.10. The zero-order valence-corrected chi connectivity index (χ0v) is 14.5. The number of hydrogen-bond acceptors (Lipinski definition) is 2. The minimum Gasteiger partial charge on any atom is -0.369 e. The lowest BCUT2D eigenvalue weighted by Gasteiger charge is -2.20. The third-order valence-electron chi connectivity index (χ3n) is 3.45. The summed E-state index contributed by atoms with van der Waals surface area (Å²) < 4.78 is 16.0. The predicted molar refractivity (Wildman–Crippen MR) is 92.1 cm³/mol. The largest absolute Gasteiger partial charge is 0.369 e. The number of rotatable bonds is 1. The molecule has 0 aliphatic carbocycles. The average molecular weight is 412 g/mol. The van der Waals surface area contributed by atoms with E-state index in [0.717, 1.165) is 25.8 Å². The summed E-state index contributed by atoms with van der Waals surface area (Å²) in [6.45, 7) is 0.253. The van der Waals surface area contributed by atoms with Gasteiger partial charge in [0.05, 0.1) is 12.3 Å². The molecule has 3 rings (SSSR count). The van der Waals surface area contributed by atoms with Crippen molar-refractivity contribution in [1.82, 2.24) is 0 Å². The predicted octanol–water partition coefficient (Wildman–Crippen LogP) is 4.79. The number of likely N-dealkylation sites (N-methyl/N-ethyl adjacent to an activating group) is 1. The van der Waals surface area contributed by atoms with Crippen LogP contribution in [-0.2, 0) is 0 Å². The monoisotopic (exact) mass is 410 g/mol. The molecule has 0 amide bonds. The first-order valence-electron chi connectivity index (χ1n) is 6.54. The molecule has 1 aliphatic heterocycles. The van der Waals surface area contributed by atoms with Gasteiger partial charge in [-0.1, -0.05) is 50.1 Å². The molecule has 0 radical (unpaired) electrons. The first-order valence-corrected chi connectivity index (χ1v) is 8.12. The molecule has 2 nitrogen and oxygen atoms in total. The third kappa shape index (κ3) is 2.90. The van der Waals surface area contributed by atoms with Crippen molar-refractivity contribution in [2.24, 2.45) is 4.99 Å². The topological polar surface area (TPSA) is 15.6 Å². The van der Waals surface area contributed by atoms with Gasteiger partial charge >= 0.3 is 0 Å². The van der Waals surface area contributed by atoms with E-state index < -0.39 is 6.30 Å². The van der Waals surface area contributed by atoms with Gasteiger partial charge in [-0.15, -0.1) is 0 Å². The second kappa shape index (κ2) is 5.89. The number of anilines is 1. The van der Waals surface area contributed by atoms with Crippen LogP contribution in [0.1, 0.15) is 11.1 Å². The van der Waals surface area contributed by atoms with E-state index in [9.17, 15) is 4.39 Å². The summed E-state index contributed by atoms with van der Waals surface area (Å²) >= 11 is 7.02. The number of nitrogens with zero attached hydrogens (tertiary/aromatic N) is 2. The van der Waals surface area contributed by atoms with Crippen molar-refractivity contribution in [2.45, 2.75) is 6.30 Å². The molecule has 1 aliphatic rings. The minimum atomic E-state index is -1.25. The van der Waals surface area contributed by atoms with Gasteiger partial charge in [0.15, 0.2) is 0 Å². The highest BCUT2D eigenvalue weighted by Gasteiger charge is 2.23. The van der Waals surface area contributed by atoms with Crippen molar-refractivity contribution in [3.05, 3.63) is 62.5 Å². The molecule has 108 valence electrons. The Morgan fingerprint density at radius 3 is 2.67 bits per heavy atom. The lowest BCUT2D eigenvalue weighted by atomic mass is 10.0. The van der Waals surface area contributed by atoms with Crippen molar-refractivity contribution in [3.8, 4) is 0 Å². The van der Waals surface area contributed by atoms with Crippen LogP contribution in [0.5, 0.6) is 0 Å². The van der Waals surface area contributed by atoms with Crippen LogP contribution in [0, 0.1) is 0 Å². The number of aliphatic imine (C=N–C) groups is 1. The van der Waals surface area contributed by atoms with Crippen molar-refractivity contribution in [3.63, 3.8) is 0 Å². The van der Waals surface area contributed by atoms with Crippen molar-refractivity contribution >= 4 is 43.3 Å². The van der Waals surface area contributed by atoms with E-state index in [4.69, 9.17) is 0 Å². The molecule has 1 unspecified atom stereocenters. The molecule has 0 spiro atoms. The Balaban J connectivity index is 2.25. The van der Waals surface area contributed by atoms with Gasteiger partial charge in [0.2, 0.25) is 6.30 Å². The molecule has 0 aromatic heterocycles. The van der Waals surface area contributed by atoms with Crippen LogP contribution in [0.2, 0.25) is 0 Å². The van der Waals surface area contributed by atoms with E-state index >= 15 is 0 Å².